The third kappa shape index (κ3) is 4.78. The first-order chi connectivity index (χ1) is 15.0. The van der Waals surface area contributed by atoms with Crippen LogP contribution in [0, 0.1) is 6.92 Å². The van der Waals surface area contributed by atoms with E-state index in [1.807, 2.05) is 34.2 Å². The number of thioether (sulfide) groups is 1. The highest BCUT2D eigenvalue weighted by Crippen LogP contribution is 2.34. The molecule has 2 aromatic heterocycles. The van der Waals surface area contributed by atoms with E-state index in [2.05, 4.69) is 51.7 Å². The highest BCUT2D eigenvalue weighted by molar-refractivity contribution is 7.98. The van der Waals surface area contributed by atoms with Crippen molar-refractivity contribution in [1.82, 2.24) is 19.7 Å². The molecule has 0 unspecified atom stereocenters. The molecule has 0 fully saturated rings. The zero-order valence-electron chi connectivity index (χ0n) is 17.3. The van der Waals surface area contributed by atoms with E-state index in [1.165, 1.54) is 23.8 Å². The molecule has 0 aliphatic heterocycles. The quantitative estimate of drug-likeness (QED) is 0.400. The Bertz CT molecular complexity index is 1200. The van der Waals surface area contributed by atoms with Crippen molar-refractivity contribution >= 4 is 34.1 Å². The van der Waals surface area contributed by atoms with Gasteiger partial charge in [0.25, 0.3) is 0 Å². The fourth-order valence-electron chi connectivity index (χ4n) is 3.01. The topological polar surface area (TPSA) is 81.9 Å². The van der Waals surface area contributed by atoms with Crippen LogP contribution < -0.4 is 10.1 Å². The number of carbonyl (C=O) groups is 1. The van der Waals surface area contributed by atoms with E-state index in [0.717, 1.165) is 27.9 Å². The smallest absolute Gasteiger partial charge is 0.223 e. The highest BCUT2D eigenvalue weighted by Gasteiger charge is 2.19. The fraction of sp³-hybridized carbons (Fsp3) is 0.182. The summed E-state index contributed by atoms with van der Waals surface area (Å²) in [5.74, 6) is 1.92. The van der Waals surface area contributed by atoms with Crippen molar-refractivity contribution in [3.05, 3.63) is 65.2 Å². The Labute approximate surface area is 188 Å². The van der Waals surface area contributed by atoms with E-state index in [9.17, 15) is 4.79 Å². The number of benzene rings is 2. The normalized spacial score (nSPS) is 10.8. The molecule has 0 aliphatic carbocycles. The van der Waals surface area contributed by atoms with Gasteiger partial charge in [0.15, 0.2) is 16.1 Å². The molecule has 1 amide bonds. The molecule has 31 heavy (non-hydrogen) atoms. The van der Waals surface area contributed by atoms with Crippen LogP contribution in [-0.2, 0) is 10.5 Å². The number of rotatable bonds is 7. The van der Waals surface area contributed by atoms with Crippen LogP contribution in [0.15, 0.2) is 59.1 Å². The molecule has 2 heterocycles. The summed E-state index contributed by atoms with van der Waals surface area (Å²) in [5, 5.41) is 14.9. The summed E-state index contributed by atoms with van der Waals surface area (Å²) in [7, 11) is 1.65. The predicted octanol–water partition coefficient (Wildman–Crippen LogP) is 4.96. The number of aromatic nitrogens is 4. The lowest BCUT2D eigenvalue weighted by Crippen LogP contribution is -2.05. The molecule has 158 valence electrons. The molecule has 7 nitrogen and oxygen atoms in total. The molecule has 0 spiro atoms. The van der Waals surface area contributed by atoms with Crippen LogP contribution in [-0.4, -0.2) is 32.8 Å². The van der Waals surface area contributed by atoms with Gasteiger partial charge in [-0.05, 0) is 31.2 Å². The van der Waals surface area contributed by atoms with Gasteiger partial charge in [-0.2, -0.15) is 0 Å². The average Bonchev–Trinajstić information content (AvgIpc) is 3.39. The number of ether oxygens (including phenoxy) is 1. The first kappa shape index (κ1) is 21.1. The van der Waals surface area contributed by atoms with Gasteiger partial charge in [0.05, 0.1) is 18.4 Å². The summed E-state index contributed by atoms with van der Waals surface area (Å²) in [6.45, 7) is 3.53. The predicted molar refractivity (Wildman–Crippen MR) is 124 cm³/mol. The van der Waals surface area contributed by atoms with E-state index in [-0.39, 0.29) is 5.91 Å². The van der Waals surface area contributed by atoms with Gasteiger partial charge in [0.1, 0.15) is 5.75 Å². The van der Waals surface area contributed by atoms with Gasteiger partial charge in [0.2, 0.25) is 5.91 Å². The summed E-state index contributed by atoms with van der Waals surface area (Å²) in [6, 6.07) is 16.0. The van der Waals surface area contributed by atoms with E-state index < -0.39 is 0 Å². The van der Waals surface area contributed by atoms with Gasteiger partial charge in [-0.1, -0.05) is 41.6 Å². The molecule has 0 radical (unpaired) electrons. The number of para-hydroxylation sites is 1. The van der Waals surface area contributed by atoms with E-state index in [1.54, 1.807) is 18.9 Å². The molecule has 0 saturated carbocycles. The zero-order valence-corrected chi connectivity index (χ0v) is 19.0. The monoisotopic (exact) mass is 451 g/mol. The zero-order chi connectivity index (χ0) is 21.8. The number of hydrogen-bond acceptors (Lipinski definition) is 7. The van der Waals surface area contributed by atoms with Crippen LogP contribution in [0.2, 0.25) is 0 Å². The number of methoxy groups -OCH3 is 1. The van der Waals surface area contributed by atoms with Crippen LogP contribution in [0.3, 0.4) is 0 Å². The Morgan fingerprint density at radius 3 is 2.68 bits per heavy atom. The third-order valence-corrected chi connectivity index (χ3v) is 6.23. The Morgan fingerprint density at radius 1 is 1.16 bits per heavy atom. The number of nitrogens with zero attached hydrogens (tertiary/aromatic N) is 4. The lowest BCUT2D eigenvalue weighted by atomic mass is 10.1. The summed E-state index contributed by atoms with van der Waals surface area (Å²) >= 11 is 2.95. The molecule has 9 heteroatoms. The minimum Gasteiger partial charge on any atom is -0.496 e. The number of thiazole rings is 1. The Hall–Kier alpha value is -3.17. The van der Waals surface area contributed by atoms with Crippen LogP contribution in [0.1, 0.15) is 18.2 Å². The van der Waals surface area contributed by atoms with Gasteiger partial charge in [-0.15, -0.1) is 21.5 Å². The first-order valence-corrected chi connectivity index (χ1v) is 11.4. The number of hydrogen-bond donors (Lipinski definition) is 1. The van der Waals surface area contributed by atoms with E-state index in [0.29, 0.717) is 16.7 Å². The lowest BCUT2D eigenvalue weighted by Gasteiger charge is -2.12. The van der Waals surface area contributed by atoms with Crippen LogP contribution in [0.25, 0.3) is 17.1 Å². The SMILES string of the molecule is COc1ccccc1-c1nnc(SCc2csc(NC(C)=O)n2)n1-c1ccc(C)cc1. The minimum absolute atomic E-state index is 0.130. The number of amides is 1. The largest absolute Gasteiger partial charge is 0.496 e. The van der Waals surface area contributed by atoms with E-state index in [4.69, 9.17) is 4.74 Å². The molecule has 0 bridgehead atoms. The maximum Gasteiger partial charge on any atom is 0.223 e. The standard InChI is InChI=1S/C22H21N5O2S2/c1-14-8-10-17(11-9-14)27-20(18-6-4-5-7-19(18)29-3)25-26-22(27)31-13-16-12-30-21(24-16)23-15(2)28/h4-12H,13H2,1-3H3,(H,23,24,28). The number of anilines is 1. The Morgan fingerprint density at radius 2 is 1.94 bits per heavy atom. The van der Waals surface area contributed by atoms with Gasteiger partial charge in [-0.25, -0.2) is 4.98 Å². The maximum atomic E-state index is 11.2. The van der Waals surface area contributed by atoms with Gasteiger partial charge >= 0.3 is 0 Å². The third-order valence-electron chi connectivity index (χ3n) is 4.46. The molecular weight excluding hydrogens is 430 g/mol. The number of carbonyl (C=O) groups excluding carboxylic acids is 1. The highest BCUT2D eigenvalue weighted by atomic mass is 32.2. The fourth-order valence-corrected chi connectivity index (χ4v) is 4.72. The van der Waals surface area contributed by atoms with Gasteiger partial charge < -0.3 is 10.1 Å². The van der Waals surface area contributed by atoms with Crippen LogP contribution >= 0.6 is 23.1 Å². The summed E-state index contributed by atoms with van der Waals surface area (Å²) in [6.07, 6.45) is 0. The van der Waals surface area contributed by atoms with Crippen molar-refractivity contribution in [2.24, 2.45) is 0 Å². The van der Waals surface area contributed by atoms with Crippen LogP contribution in [0.4, 0.5) is 5.13 Å². The van der Waals surface area contributed by atoms with Crippen molar-refractivity contribution in [3.63, 3.8) is 0 Å². The molecule has 4 rings (SSSR count). The first-order valence-electron chi connectivity index (χ1n) is 9.56. The summed E-state index contributed by atoms with van der Waals surface area (Å²) < 4.78 is 7.58. The lowest BCUT2D eigenvalue weighted by molar-refractivity contribution is -0.114. The second-order valence-corrected chi connectivity index (χ2v) is 8.59. The van der Waals surface area contributed by atoms with Crippen molar-refractivity contribution < 1.29 is 9.53 Å². The second-order valence-electron chi connectivity index (χ2n) is 6.79. The van der Waals surface area contributed by atoms with Crippen molar-refractivity contribution in [2.45, 2.75) is 24.8 Å². The molecule has 0 aliphatic rings. The second kappa shape index (κ2) is 9.32. The molecule has 0 saturated heterocycles. The average molecular weight is 452 g/mol. The van der Waals surface area contributed by atoms with Gasteiger partial charge in [0, 0.05) is 23.7 Å². The van der Waals surface area contributed by atoms with Crippen molar-refractivity contribution in [3.8, 4) is 22.8 Å². The number of nitrogens with one attached hydrogen (secondary N) is 1. The maximum absolute atomic E-state index is 11.2. The molecule has 4 aromatic rings. The number of aryl methyl sites for hydroxylation is 1. The van der Waals surface area contributed by atoms with Crippen LogP contribution in [0.5, 0.6) is 5.75 Å². The summed E-state index contributed by atoms with van der Waals surface area (Å²) in [4.78, 5) is 15.7. The minimum atomic E-state index is -0.130. The summed E-state index contributed by atoms with van der Waals surface area (Å²) in [5.41, 5.74) is 3.89. The van der Waals surface area contributed by atoms with Crippen molar-refractivity contribution in [1.29, 1.82) is 0 Å². The Kier molecular flexibility index (Phi) is 6.34. The van der Waals surface area contributed by atoms with E-state index >= 15 is 0 Å². The molecule has 2 aromatic carbocycles. The molecule has 1 N–H and O–H groups in total. The Balaban J connectivity index is 1.69. The van der Waals surface area contributed by atoms with Crippen molar-refractivity contribution in [2.75, 3.05) is 12.4 Å². The van der Waals surface area contributed by atoms with Gasteiger partial charge in [-0.3, -0.25) is 9.36 Å². The molecular formula is C22H21N5O2S2. The molecule has 0 atom stereocenters.